The van der Waals surface area contributed by atoms with Gasteiger partial charge in [0.2, 0.25) is 0 Å². The monoisotopic (exact) mass is 369 g/mol. The van der Waals surface area contributed by atoms with E-state index in [0.717, 1.165) is 35.9 Å². The number of rotatable bonds is 4. The molecule has 1 unspecified atom stereocenters. The van der Waals surface area contributed by atoms with Crippen molar-refractivity contribution in [3.05, 3.63) is 51.8 Å². The Morgan fingerprint density at radius 1 is 1.26 bits per heavy atom. The molecular weight excluding hydrogens is 353 g/mol. The molecule has 0 N–H and O–H groups in total. The molecule has 1 aliphatic rings. The minimum atomic E-state index is 0.00454. The lowest BCUT2D eigenvalue weighted by Gasteiger charge is -2.33. The fourth-order valence-electron chi connectivity index (χ4n) is 2.55. The van der Waals surface area contributed by atoms with Crippen LogP contribution in [0.2, 0.25) is 10.0 Å². The first-order chi connectivity index (χ1) is 11.2. The van der Waals surface area contributed by atoms with Crippen LogP contribution >= 0.6 is 35.0 Å². The molecule has 0 spiro atoms. The highest BCUT2D eigenvalue weighted by atomic mass is 35.5. The van der Waals surface area contributed by atoms with Gasteiger partial charge in [0.15, 0.2) is 5.16 Å². The maximum atomic E-state index is 6.11. The minimum absolute atomic E-state index is 0.00454. The van der Waals surface area contributed by atoms with Crippen LogP contribution in [0.3, 0.4) is 0 Å². The third-order valence-electron chi connectivity index (χ3n) is 3.74. The van der Waals surface area contributed by atoms with E-state index in [1.807, 2.05) is 36.8 Å². The lowest BCUT2D eigenvalue weighted by molar-refractivity contribution is -0.0329. The molecule has 1 saturated heterocycles. The summed E-state index contributed by atoms with van der Waals surface area (Å²) < 4.78 is 5.89. The molecule has 1 aromatic carbocycles. The summed E-state index contributed by atoms with van der Waals surface area (Å²) >= 11 is 13.6. The highest BCUT2D eigenvalue weighted by Crippen LogP contribution is 2.29. The van der Waals surface area contributed by atoms with E-state index in [1.165, 1.54) is 0 Å². The highest BCUT2D eigenvalue weighted by molar-refractivity contribution is 7.98. The first-order valence-electron chi connectivity index (χ1n) is 7.29. The van der Waals surface area contributed by atoms with Crippen molar-refractivity contribution in [3.63, 3.8) is 0 Å². The molecule has 2 heterocycles. The number of ether oxygens (including phenoxy) is 1. The third kappa shape index (κ3) is 4.37. The average molecular weight is 370 g/mol. The molecule has 0 saturated carbocycles. The standard InChI is InChI=1S/C16H17Cl2N3OS/c1-23-16-19-7-11(8-20-16)9-21-4-5-22-15(10-21)12-2-3-13(17)14(18)6-12/h2-3,6-8,15H,4-5,9-10H2,1H3. The summed E-state index contributed by atoms with van der Waals surface area (Å²) in [6, 6.07) is 5.67. The van der Waals surface area contributed by atoms with Crippen LogP contribution in [0.15, 0.2) is 35.7 Å². The van der Waals surface area contributed by atoms with Gasteiger partial charge in [0, 0.05) is 37.6 Å². The van der Waals surface area contributed by atoms with E-state index in [1.54, 1.807) is 11.8 Å². The van der Waals surface area contributed by atoms with Crippen LogP contribution in [0.1, 0.15) is 17.2 Å². The Kier molecular flexibility index (Phi) is 5.77. The van der Waals surface area contributed by atoms with Crippen LogP contribution < -0.4 is 0 Å². The smallest absolute Gasteiger partial charge is 0.187 e. The van der Waals surface area contributed by atoms with Gasteiger partial charge in [-0.3, -0.25) is 4.90 Å². The summed E-state index contributed by atoms with van der Waals surface area (Å²) in [5.74, 6) is 0. The van der Waals surface area contributed by atoms with Crippen LogP contribution in [0.4, 0.5) is 0 Å². The molecule has 1 fully saturated rings. The lowest BCUT2D eigenvalue weighted by Crippen LogP contribution is -2.37. The van der Waals surface area contributed by atoms with Crippen LogP contribution in [-0.4, -0.2) is 40.8 Å². The number of benzene rings is 1. The summed E-state index contributed by atoms with van der Waals surface area (Å²) in [4.78, 5) is 11.0. The summed E-state index contributed by atoms with van der Waals surface area (Å²) in [6.45, 7) is 3.20. The third-order valence-corrected chi connectivity index (χ3v) is 5.05. The van der Waals surface area contributed by atoms with Crippen LogP contribution in [-0.2, 0) is 11.3 Å². The second-order valence-electron chi connectivity index (χ2n) is 5.35. The molecule has 2 aromatic rings. The first kappa shape index (κ1) is 17.0. The maximum absolute atomic E-state index is 6.11. The second-order valence-corrected chi connectivity index (χ2v) is 6.93. The Labute approximate surface area is 150 Å². The first-order valence-corrected chi connectivity index (χ1v) is 9.27. The number of hydrogen-bond donors (Lipinski definition) is 0. The van der Waals surface area contributed by atoms with E-state index in [0.29, 0.717) is 16.7 Å². The van der Waals surface area contributed by atoms with Gasteiger partial charge >= 0.3 is 0 Å². The minimum Gasteiger partial charge on any atom is -0.371 e. The SMILES string of the molecule is CSc1ncc(CN2CCOC(c3ccc(Cl)c(Cl)c3)C2)cn1. The van der Waals surface area contributed by atoms with Crippen LogP contribution in [0.5, 0.6) is 0 Å². The van der Waals surface area contributed by atoms with Gasteiger partial charge in [0.25, 0.3) is 0 Å². The molecule has 1 aromatic heterocycles. The average Bonchev–Trinajstić information content (AvgIpc) is 2.58. The summed E-state index contributed by atoms with van der Waals surface area (Å²) in [6.07, 6.45) is 5.76. The zero-order chi connectivity index (χ0) is 16.2. The zero-order valence-corrected chi connectivity index (χ0v) is 15.0. The Balaban J connectivity index is 1.66. The number of halogens is 2. The lowest BCUT2D eigenvalue weighted by atomic mass is 10.1. The normalized spacial score (nSPS) is 19.0. The van der Waals surface area contributed by atoms with E-state index in [9.17, 15) is 0 Å². The van der Waals surface area contributed by atoms with Gasteiger partial charge in [0.05, 0.1) is 22.8 Å². The fourth-order valence-corrected chi connectivity index (χ4v) is 3.17. The number of nitrogens with zero attached hydrogens (tertiary/aromatic N) is 3. The predicted molar refractivity (Wildman–Crippen MR) is 94.2 cm³/mol. The van der Waals surface area contributed by atoms with Gasteiger partial charge in [0.1, 0.15) is 0 Å². The van der Waals surface area contributed by atoms with Gasteiger partial charge in [-0.25, -0.2) is 9.97 Å². The number of thioether (sulfide) groups is 1. The van der Waals surface area contributed by atoms with Crippen LogP contribution in [0.25, 0.3) is 0 Å². The van der Waals surface area contributed by atoms with E-state index < -0.39 is 0 Å². The van der Waals surface area contributed by atoms with Gasteiger partial charge in [-0.1, -0.05) is 41.0 Å². The van der Waals surface area contributed by atoms with Gasteiger partial charge < -0.3 is 4.74 Å². The molecule has 23 heavy (non-hydrogen) atoms. The molecule has 3 rings (SSSR count). The topological polar surface area (TPSA) is 38.2 Å². The van der Waals surface area contributed by atoms with Gasteiger partial charge in [-0.2, -0.15) is 0 Å². The van der Waals surface area contributed by atoms with E-state index in [2.05, 4.69) is 14.9 Å². The molecule has 122 valence electrons. The molecule has 0 amide bonds. The second kappa shape index (κ2) is 7.81. The Hall–Kier alpha value is -0.850. The summed E-state index contributed by atoms with van der Waals surface area (Å²) in [7, 11) is 0. The molecule has 4 nitrogen and oxygen atoms in total. The molecule has 1 atom stereocenters. The fraction of sp³-hybridized carbons (Fsp3) is 0.375. The molecular formula is C16H17Cl2N3OS. The molecule has 0 radical (unpaired) electrons. The summed E-state index contributed by atoms with van der Waals surface area (Å²) in [5, 5.41) is 1.92. The predicted octanol–water partition coefficient (Wildman–Crippen LogP) is 4.08. The van der Waals surface area contributed by atoms with Crippen molar-refractivity contribution >= 4 is 35.0 Å². The maximum Gasteiger partial charge on any atom is 0.187 e. The number of morpholine rings is 1. The van der Waals surface area contributed by atoms with E-state index in [4.69, 9.17) is 27.9 Å². The zero-order valence-electron chi connectivity index (χ0n) is 12.7. The Morgan fingerprint density at radius 3 is 2.74 bits per heavy atom. The van der Waals surface area contributed by atoms with Crippen molar-refractivity contribution < 1.29 is 4.74 Å². The van der Waals surface area contributed by atoms with Gasteiger partial charge in [-0.15, -0.1) is 0 Å². The van der Waals surface area contributed by atoms with Crippen molar-refractivity contribution in [2.75, 3.05) is 26.0 Å². The van der Waals surface area contributed by atoms with E-state index >= 15 is 0 Å². The molecule has 7 heteroatoms. The van der Waals surface area contributed by atoms with Crippen molar-refractivity contribution in [3.8, 4) is 0 Å². The van der Waals surface area contributed by atoms with E-state index in [-0.39, 0.29) is 6.10 Å². The van der Waals surface area contributed by atoms with Crippen molar-refractivity contribution in [2.45, 2.75) is 17.8 Å². The van der Waals surface area contributed by atoms with Crippen molar-refractivity contribution in [1.82, 2.24) is 14.9 Å². The highest BCUT2D eigenvalue weighted by Gasteiger charge is 2.22. The Morgan fingerprint density at radius 2 is 2.04 bits per heavy atom. The number of hydrogen-bond acceptors (Lipinski definition) is 5. The Bertz CT molecular complexity index is 669. The van der Waals surface area contributed by atoms with Crippen LogP contribution in [0, 0.1) is 0 Å². The molecule has 0 bridgehead atoms. The molecule has 1 aliphatic heterocycles. The largest absolute Gasteiger partial charge is 0.371 e. The van der Waals surface area contributed by atoms with Gasteiger partial charge in [-0.05, 0) is 24.0 Å². The summed E-state index contributed by atoms with van der Waals surface area (Å²) in [5.41, 5.74) is 2.16. The molecule has 0 aliphatic carbocycles. The quantitative estimate of drug-likeness (QED) is 0.599. The van der Waals surface area contributed by atoms with Crippen molar-refractivity contribution in [1.29, 1.82) is 0 Å². The van der Waals surface area contributed by atoms with Crippen molar-refractivity contribution in [2.24, 2.45) is 0 Å². The number of aromatic nitrogens is 2.